The second kappa shape index (κ2) is 4.52. The van der Waals surface area contributed by atoms with Crippen molar-refractivity contribution >= 4 is 11.8 Å². The minimum Gasteiger partial charge on any atom is -0.373 e. The maximum atomic E-state index is 12.2. The molecular formula is C13H21N3O3. The summed E-state index contributed by atoms with van der Waals surface area (Å²) in [6.07, 6.45) is -0.378. The van der Waals surface area contributed by atoms with Crippen molar-refractivity contribution in [3.05, 3.63) is 11.8 Å². The molecule has 19 heavy (non-hydrogen) atoms. The van der Waals surface area contributed by atoms with Gasteiger partial charge in [-0.25, -0.2) is 9.69 Å². The monoisotopic (exact) mass is 267 g/mol. The summed E-state index contributed by atoms with van der Waals surface area (Å²) in [4.78, 5) is 15.1. The number of aliphatic hydroxyl groups is 1. The van der Waals surface area contributed by atoms with Gasteiger partial charge in [0.25, 0.3) is 0 Å². The van der Waals surface area contributed by atoms with E-state index in [-0.39, 0.29) is 17.5 Å². The van der Waals surface area contributed by atoms with Gasteiger partial charge in [-0.05, 0) is 6.92 Å². The number of hydrogen-bond acceptors (Lipinski definition) is 4. The molecule has 2 amide bonds. The molecule has 0 spiro atoms. The molecule has 2 atom stereocenters. The van der Waals surface area contributed by atoms with Crippen molar-refractivity contribution in [2.24, 2.45) is 0 Å². The molecule has 1 aliphatic rings. The van der Waals surface area contributed by atoms with Crippen LogP contribution in [0.2, 0.25) is 0 Å². The van der Waals surface area contributed by atoms with E-state index in [4.69, 9.17) is 4.52 Å². The van der Waals surface area contributed by atoms with Crippen LogP contribution in [0.4, 0.5) is 10.6 Å². The zero-order chi connectivity index (χ0) is 14.4. The standard InChI is InChI=1S/C13H21N3O3/c1-8-6-11(17)16(12(18)15(8)5)10-7-9(19-14-10)13(2,3)4/h7-8,11,17H,6H2,1-5H3. The lowest BCUT2D eigenvalue weighted by atomic mass is 9.93. The number of carbonyl (C=O) groups excluding carboxylic acids is 1. The zero-order valence-corrected chi connectivity index (χ0v) is 12.0. The summed E-state index contributed by atoms with van der Waals surface area (Å²) >= 11 is 0. The molecule has 2 heterocycles. The van der Waals surface area contributed by atoms with Crippen molar-refractivity contribution in [2.45, 2.75) is 51.8 Å². The molecule has 1 fully saturated rings. The average molecular weight is 267 g/mol. The van der Waals surface area contributed by atoms with Crippen molar-refractivity contribution in [1.82, 2.24) is 10.1 Å². The number of aromatic nitrogens is 1. The van der Waals surface area contributed by atoms with Crippen molar-refractivity contribution in [3.8, 4) is 0 Å². The molecule has 0 aromatic carbocycles. The van der Waals surface area contributed by atoms with Crippen LogP contribution >= 0.6 is 0 Å². The first-order valence-corrected chi connectivity index (χ1v) is 6.43. The lowest BCUT2D eigenvalue weighted by Gasteiger charge is -2.39. The van der Waals surface area contributed by atoms with Gasteiger partial charge < -0.3 is 14.5 Å². The minimum atomic E-state index is -0.864. The van der Waals surface area contributed by atoms with E-state index in [0.29, 0.717) is 18.0 Å². The maximum Gasteiger partial charge on any atom is 0.327 e. The van der Waals surface area contributed by atoms with Crippen LogP contribution in [0.25, 0.3) is 0 Å². The second-order valence-electron chi connectivity index (χ2n) is 6.13. The largest absolute Gasteiger partial charge is 0.373 e. The fraction of sp³-hybridized carbons (Fsp3) is 0.692. The van der Waals surface area contributed by atoms with Crippen LogP contribution in [0, 0.1) is 0 Å². The van der Waals surface area contributed by atoms with Crippen LogP contribution < -0.4 is 4.90 Å². The molecule has 6 nitrogen and oxygen atoms in total. The first-order chi connectivity index (χ1) is 8.71. The lowest BCUT2D eigenvalue weighted by Crippen LogP contribution is -2.56. The van der Waals surface area contributed by atoms with Crippen LogP contribution in [-0.2, 0) is 5.41 Å². The van der Waals surface area contributed by atoms with Gasteiger partial charge in [0.05, 0.1) is 0 Å². The summed E-state index contributed by atoms with van der Waals surface area (Å²) in [5.41, 5.74) is -0.186. The molecule has 1 N–H and O–H groups in total. The Hall–Kier alpha value is -1.56. The van der Waals surface area contributed by atoms with Crippen molar-refractivity contribution in [2.75, 3.05) is 11.9 Å². The Bertz CT molecular complexity index is 478. The highest BCUT2D eigenvalue weighted by Crippen LogP contribution is 2.29. The Labute approximate surface area is 113 Å². The fourth-order valence-electron chi connectivity index (χ4n) is 2.04. The second-order valence-corrected chi connectivity index (χ2v) is 6.13. The summed E-state index contributed by atoms with van der Waals surface area (Å²) in [5.74, 6) is 1.05. The normalized spacial score (nSPS) is 25.1. The predicted molar refractivity (Wildman–Crippen MR) is 70.9 cm³/mol. The van der Waals surface area contributed by atoms with E-state index in [2.05, 4.69) is 5.16 Å². The molecule has 2 unspecified atom stereocenters. The number of rotatable bonds is 1. The molecular weight excluding hydrogens is 246 g/mol. The molecule has 1 aliphatic heterocycles. The van der Waals surface area contributed by atoms with E-state index in [1.165, 1.54) is 4.90 Å². The van der Waals surface area contributed by atoms with Gasteiger partial charge in [0.1, 0.15) is 12.0 Å². The molecule has 1 aromatic rings. The number of amides is 2. The SMILES string of the molecule is CC1CC(O)N(c2cc(C(C)(C)C)on2)C(=O)N1C. The van der Waals surface area contributed by atoms with Crippen molar-refractivity contribution < 1.29 is 14.4 Å². The van der Waals surface area contributed by atoms with Gasteiger partial charge in [-0.3, -0.25) is 0 Å². The smallest absolute Gasteiger partial charge is 0.327 e. The highest BCUT2D eigenvalue weighted by atomic mass is 16.5. The van der Waals surface area contributed by atoms with Gasteiger partial charge in [-0.2, -0.15) is 0 Å². The summed E-state index contributed by atoms with van der Waals surface area (Å²) < 4.78 is 5.27. The molecule has 6 heteroatoms. The maximum absolute atomic E-state index is 12.2. The number of nitrogens with zero attached hydrogens (tertiary/aromatic N) is 3. The van der Waals surface area contributed by atoms with E-state index in [1.54, 1.807) is 18.0 Å². The van der Waals surface area contributed by atoms with Crippen LogP contribution in [0.3, 0.4) is 0 Å². The Morgan fingerprint density at radius 1 is 1.47 bits per heavy atom. The van der Waals surface area contributed by atoms with E-state index in [9.17, 15) is 9.90 Å². The van der Waals surface area contributed by atoms with Gasteiger partial charge >= 0.3 is 6.03 Å². The van der Waals surface area contributed by atoms with E-state index in [1.807, 2.05) is 27.7 Å². The van der Waals surface area contributed by atoms with Crippen LogP contribution in [-0.4, -0.2) is 40.5 Å². The quantitative estimate of drug-likeness (QED) is 0.844. The van der Waals surface area contributed by atoms with Gasteiger partial charge in [0, 0.05) is 31.0 Å². The van der Waals surface area contributed by atoms with Crippen LogP contribution in [0.5, 0.6) is 0 Å². The summed E-state index contributed by atoms with van der Waals surface area (Å²) in [6.45, 7) is 7.90. The lowest BCUT2D eigenvalue weighted by molar-refractivity contribution is 0.0911. The summed E-state index contributed by atoms with van der Waals surface area (Å²) in [7, 11) is 1.72. The molecule has 1 saturated heterocycles. The molecule has 106 valence electrons. The van der Waals surface area contributed by atoms with Gasteiger partial charge in [0.2, 0.25) is 0 Å². The number of anilines is 1. The highest BCUT2D eigenvalue weighted by molar-refractivity contribution is 5.92. The van der Waals surface area contributed by atoms with Crippen LogP contribution in [0.1, 0.15) is 39.9 Å². The highest BCUT2D eigenvalue weighted by Gasteiger charge is 2.37. The first kappa shape index (κ1) is 13.9. The number of hydrogen-bond donors (Lipinski definition) is 1. The summed E-state index contributed by atoms with van der Waals surface area (Å²) in [6, 6.07) is 1.46. The summed E-state index contributed by atoms with van der Waals surface area (Å²) in [5, 5.41) is 14.0. The Morgan fingerprint density at radius 3 is 2.63 bits per heavy atom. The molecule has 2 rings (SSSR count). The molecule has 0 radical (unpaired) electrons. The van der Waals surface area contributed by atoms with E-state index < -0.39 is 6.23 Å². The number of urea groups is 1. The Balaban J connectivity index is 2.30. The van der Waals surface area contributed by atoms with Crippen LogP contribution in [0.15, 0.2) is 10.6 Å². The van der Waals surface area contributed by atoms with E-state index in [0.717, 1.165) is 0 Å². The molecule has 0 bridgehead atoms. The Kier molecular flexibility index (Phi) is 3.30. The third-order valence-corrected chi connectivity index (χ3v) is 3.50. The fourth-order valence-corrected chi connectivity index (χ4v) is 2.04. The molecule has 0 aliphatic carbocycles. The number of carbonyl (C=O) groups is 1. The van der Waals surface area contributed by atoms with Gasteiger partial charge in [0.15, 0.2) is 5.82 Å². The number of aliphatic hydroxyl groups excluding tert-OH is 1. The predicted octanol–water partition coefficient (Wildman–Crippen LogP) is 1.94. The van der Waals surface area contributed by atoms with E-state index >= 15 is 0 Å². The third kappa shape index (κ3) is 2.45. The molecule has 0 saturated carbocycles. The first-order valence-electron chi connectivity index (χ1n) is 6.43. The van der Waals surface area contributed by atoms with Gasteiger partial charge in [-0.15, -0.1) is 0 Å². The molecule has 1 aromatic heterocycles. The zero-order valence-electron chi connectivity index (χ0n) is 12.0. The van der Waals surface area contributed by atoms with Crippen molar-refractivity contribution in [3.63, 3.8) is 0 Å². The average Bonchev–Trinajstić information content (AvgIpc) is 2.75. The van der Waals surface area contributed by atoms with Gasteiger partial charge in [-0.1, -0.05) is 25.9 Å². The minimum absolute atomic E-state index is 0.00716. The van der Waals surface area contributed by atoms with Crippen molar-refractivity contribution in [1.29, 1.82) is 0 Å². The topological polar surface area (TPSA) is 69.8 Å². The Morgan fingerprint density at radius 2 is 2.11 bits per heavy atom. The third-order valence-electron chi connectivity index (χ3n) is 3.50.